The summed E-state index contributed by atoms with van der Waals surface area (Å²) in [6.07, 6.45) is -0.168. The van der Waals surface area contributed by atoms with Gasteiger partial charge in [0.2, 0.25) is 17.7 Å². The van der Waals surface area contributed by atoms with Crippen LogP contribution in [0.2, 0.25) is 0 Å². The van der Waals surface area contributed by atoms with E-state index in [1.54, 1.807) is 0 Å². The number of nitrogens with zero attached hydrogens (tertiary/aromatic N) is 2. The minimum Gasteiger partial charge on any atom is -0.370 e. The molecule has 0 aliphatic carbocycles. The maximum absolute atomic E-state index is 13.5. The number of amides is 2. The lowest BCUT2D eigenvalue weighted by molar-refractivity contribution is -0.121. The van der Waals surface area contributed by atoms with Crippen molar-refractivity contribution in [3.8, 4) is 6.07 Å². The lowest BCUT2D eigenvalue weighted by atomic mass is 9.89. The Balaban J connectivity index is 2.45. The first-order chi connectivity index (χ1) is 10.2. The van der Waals surface area contributed by atoms with E-state index in [1.807, 2.05) is 11.9 Å². The lowest BCUT2D eigenvalue weighted by Crippen LogP contribution is -2.54. The summed E-state index contributed by atoms with van der Waals surface area (Å²) in [5.74, 6) is -4.66. The molecule has 0 aromatic carbocycles. The van der Waals surface area contributed by atoms with Crippen molar-refractivity contribution in [2.24, 2.45) is 5.73 Å². The molecule has 0 saturated carbocycles. The lowest BCUT2D eigenvalue weighted by Gasteiger charge is -2.36. The predicted molar refractivity (Wildman–Crippen MR) is 75.5 cm³/mol. The van der Waals surface area contributed by atoms with Crippen molar-refractivity contribution in [3.05, 3.63) is 6.42 Å². The van der Waals surface area contributed by atoms with Crippen LogP contribution in [0.25, 0.3) is 0 Å². The van der Waals surface area contributed by atoms with Crippen LogP contribution in [-0.2, 0) is 9.59 Å². The van der Waals surface area contributed by atoms with Gasteiger partial charge in [-0.2, -0.15) is 5.26 Å². The molecular formula is C14H21F2N4O2. The highest BCUT2D eigenvalue weighted by atomic mass is 19.3. The van der Waals surface area contributed by atoms with E-state index in [9.17, 15) is 23.6 Å². The zero-order chi connectivity index (χ0) is 16.8. The second-order valence-electron chi connectivity index (χ2n) is 5.72. The molecule has 0 unspecified atom stereocenters. The number of carbonyl (C=O) groups is 2. The Bertz CT molecular complexity index is 454. The topological polar surface area (TPSA) is 99.2 Å². The number of carbonyl (C=O) groups excluding carboxylic acids is 2. The zero-order valence-electron chi connectivity index (χ0n) is 12.6. The summed E-state index contributed by atoms with van der Waals surface area (Å²) in [4.78, 5) is 24.3. The summed E-state index contributed by atoms with van der Waals surface area (Å²) in [5.41, 5.74) is 3.83. The van der Waals surface area contributed by atoms with Gasteiger partial charge in [-0.25, -0.2) is 8.78 Å². The van der Waals surface area contributed by atoms with Crippen molar-refractivity contribution < 1.29 is 18.4 Å². The molecule has 1 heterocycles. The molecule has 1 aliphatic rings. The molecule has 0 bridgehead atoms. The number of nitrogens with two attached hydrogens (primary N) is 1. The number of rotatable bonds is 7. The third kappa shape index (κ3) is 5.93. The second kappa shape index (κ2) is 7.49. The molecule has 123 valence electrons. The van der Waals surface area contributed by atoms with Gasteiger partial charge >= 0.3 is 0 Å². The smallest absolute Gasteiger partial charge is 0.249 e. The Hall–Kier alpha value is -1.75. The van der Waals surface area contributed by atoms with E-state index in [2.05, 4.69) is 11.4 Å². The van der Waals surface area contributed by atoms with Crippen LogP contribution in [0.1, 0.15) is 32.1 Å². The number of nitrogens with one attached hydrogen (secondary N) is 1. The fourth-order valence-corrected chi connectivity index (χ4v) is 2.20. The maximum atomic E-state index is 13.5. The number of hydrogen-bond acceptors (Lipinski definition) is 4. The molecule has 6 nitrogen and oxygen atoms in total. The Morgan fingerprint density at radius 2 is 2.05 bits per heavy atom. The molecule has 1 aliphatic heterocycles. The summed E-state index contributed by atoms with van der Waals surface area (Å²) in [6.45, 7) is 1.31. The van der Waals surface area contributed by atoms with Crippen LogP contribution in [0.15, 0.2) is 0 Å². The predicted octanol–water partition coefficient (Wildman–Crippen LogP) is 0.586. The van der Waals surface area contributed by atoms with E-state index in [0.717, 1.165) is 6.42 Å². The van der Waals surface area contributed by atoms with E-state index in [1.165, 1.54) is 0 Å². The standard InChI is InChI=1S/C14H21F2N4O2/c1-20-8-6-13(10-17,7-9-20)19-12(22)3-5-14(15,16)4-2-11(18)21/h3H,2,4-9H2,1H3,(H2,18,21)(H,19,22). The Labute approximate surface area is 128 Å². The third-order valence-electron chi connectivity index (χ3n) is 3.74. The van der Waals surface area contributed by atoms with Gasteiger partial charge in [0.05, 0.1) is 12.5 Å². The first kappa shape index (κ1) is 18.3. The van der Waals surface area contributed by atoms with E-state index >= 15 is 0 Å². The zero-order valence-corrected chi connectivity index (χ0v) is 12.6. The molecular weight excluding hydrogens is 294 g/mol. The van der Waals surface area contributed by atoms with Gasteiger partial charge in [-0.3, -0.25) is 9.59 Å². The number of alkyl halides is 2. The quantitative estimate of drug-likeness (QED) is 0.718. The van der Waals surface area contributed by atoms with Crippen LogP contribution < -0.4 is 11.1 Å². The van der Waals surface area contributed by atoms with Crippen LogP contribution in [0, 0.1) is 17.8 Å². The number of likely N-dealkylation sites (tertiary alicyclic amines) is 1. The van der Waals surface area contributed by atoms with Crippen LogP contribution >= 0.6 is 0 Å². The number of nitriles is 1. The van der Waals surface area contributed by atoms with Gasteiger partial charge in [0, 0.05) is 32.4 Å². The summed E-state index contributed by atoms with van der Waals surface area (Å²) >= 11 is 0. The van der Waals surface area contributed by atoms with Crippen molar-refractivity contribution in [1.82, 2.24) is 10.2 Å². The number of halogens is 2. The molecule has 1 radical (unpaired) electrons. The largest absolute Gasteiger partial charge is 0.370 e. The van der Waals surface area contributed by atoms with Gasteiger partial charge in [-0.1, -0.05) is 0 Å². The average molecular weight is 315 g/mol. The van der Waals surface area contributed by atoms with Crippen molar-refractivity contribution in [3.63, 3.8) is 0 Å². The van der Waals surface area contributed by atoms with Gasteiger partial charge in [-0.05, 0) is 19.9 Å². The van der Waals surface area contributed by atoms with Crippen LogP contribution in [0.4, 0.5) is 8.78 Å². The average Bonchev–Trinajstić information content (AvgIpc) is 2.46. The highest BCUT2D eigenvalue weighted by Crippen LogP contribution is 2.26. The number of piperidine rings is 1. The summed E-state index contributed by atoms with van der Waals surface area (Å²) < 4.78 is 26.9. The molecule has 1 fully saturated rings. The Kier molecular flexibility index (Phi) is 6.23. The highest BCUT2D eigenvalue weighted by molar-refractivity contribution is 5.85. The van der Waals surface area contributed by atoms with E-state index in [4.69, 9.17) is 5.73 Å². The van der Waals surface area contributed by atoms with Gasteiger partial charge in [0.25, 0.3) is 0 Å². The van der Waals surface area contributed by atoms with Crippen LogP contribution in [0.5, 0.6) is 0 Å². The monoisotopic (exact) mass is 315 g/mol. The van der Waals surface area contributed by atoms with Crippen molar-refractivity contribution in [2.75, 3.05) is 20.1 Å². The summed E-state index contributed by atoms with van der Waals surface area (Å²) in [5, 5.41) is 11.8. The SMILES string of the molecule is CN1CCC(C#N)(NC(=O)[CH]CC(F)(F)CCC(N)=O)CC1. The molecule has 3 N–H and O–H groups in total. The molecule has 22 heavy (non-hydrogen) atoms. The van der Waals surface area contributed by atoms with Gasteiger partial charge < -0.3 is 16.0 Å². The van der Waals surface area contributed by atoms with Gasteiger partial charge in [0.1, 0.15) is 5.54 Å². The maximum Gasteiger partial charge on any atom is 0.249 e. The first-order valence-electron chi connectivity index (χ1n) is 7.09. The first-order valence-corrected chi connectivity index (χ1v) is 7.09. The normalized spacial score (nSPS) is 18.5. The Morgan fingerprint density at radius 1 is 1.45 bits per heavy atom. The Morgan fingerprint density at radius 3 is 2.55 bits per heavy atom. The minimum absolute atomic E-state index is 0.434. The van der Waals surface area contributed by atoms with E-state index in [-0.39, 0.29) is 0 Å². The van der Waals surface area contributed by atoms with E-state index < -0.39 is 42.5 Å². The van der Waals surface area contributed by atoms with Crippen LogP contribution in [-0.4, -0.2) is 48.3 Å². The number of hydrogen-bond donors (Lipinski definition) is 2. The van der Waals surface area contributed by atoms with Crippen molar-refractivity contribution in [1.29, 1.82) is 5.26 Å². The van der Waals surface area contributed by atoms with Gasteiger partial charge in [-0.15, -0.1) is 0 Å². The highest BCUT2D eigenvalue weighted by Gasteiger charge is 2.36. The van der Waals surface area contributed by atoms with Gasteiger partial charge in [0.15, 0.2) is 0 Å². The molecule has 2 amide bonds. The fraction of sp³-hybridized carbons (Fsp3) is 0.714. The van der Waals surface area contributed by atoms with Crippen molar-refractivity contribution >= 4 is 11.8 Å². The summed E-state index contributed by atoms with van der Waals surface area (Å²) in [6, 6.07) is 2.08. The fourth-order valence-electron chi connectivity index (χ4n) is 2.20. The molecule has 0 aromatic rings. The molecule has 1 rings (SSSR count). The third-order valence-corrected chi connectivity index (χ3v) is 3.74. The minimum atomic E-state index is -3.17. The second-order valence-corrected chi connectivity index (χ2v) is 5.72. The molecule has 0 aromatic heterocycles. The van der Waals surface area contributed by atoms with Crippen LogP contribution in [0.3, 0.4) is 0 Å². The summed E-state index contributed by atoms with van der Waals surface area (Å²) in [7, 11) is 1.91. The number of primary amides is 1. The molecule has 1 saturated heterocycles. The van der Waals surface area contributed by atoms with E-state index in [0.29, 0.717) is 25.9 Å². The molecule has 8 heteroatoms. The molecule has 0 spiro atoms. The van der Waals surface area contributed by atoms with Crippen molar-refractivity contribution in [2.45, 2.75) is 43.6 Å². The molecule has 0 atom stereocenters.